The second-order valence-electron chi connectivity index (χ2n) is 5.52. The summed E-state index contributed by atoms with van der Waals surface area (Å²) in [6.45, 7) is 5.11. The van der Waals surface area contributed by atoms with Crippen LogP contribution in [0, 0.1) is 5.92 Å². The highest BCUT2D eigenvalue weighted by atomic mass is 32.1. The van der Waals surface area contributed by atoms with Gasteiger partial charge in [0.2, 0.25) is 0 Å². The van der Waals surface area contributed by atoms with Crippen LogP contribution in [-0.4, -0.2) is 37.1 Å². The van der Waals surface area contributed by atoms with Crippen LogP contribution in [0.4, 0.5) is 0 Å². The van der Waals surface area contributed by atoms with Crippen molar-refractivity contribution in [1.29, 1.82) is 0 Å². The van der Waals surface area contributed by atoms with Gasteiger partial charge in [0.15, 0.2) is 0 Å². The lowest BCUT2D eigenvalue weighted by molar-refractivity contribution is 0.325. The Morgan fingerprint density at radius 2 is 2.29 bits per heavy atom. The molecule has 2 fully saturated rings. The summed E-state index contributed by atoms with van der Waals surface area (Å²) < 4.78 is 0. The smallest absolute Gasteiger partial charge is 0.00683 e. The molecule has 1 aromatic heterocycles. The molecule has 0 radical (unpaired) electrons. The predicted octanol–water partition coefficient (Wildman–Crippen LogP) is 2.36. The standard InChI is InChI=1S/C14H22N2S/c1-2-14(1)15-9-13-4-7-16(10-13)6-3-12-5-8-17-11-12/h5,8,11,13-15H,1-4,6-7,9-10H2. The minimum atomic E-state index is 0.870. The Bertz CT molecular complexity index is 332. The second-order valence-corrected chi connectivity index (χ2v) is 6.30. The first-order valence-corrected chi connectivity index (χ1v) is 7.81. The SMILES string of the molecule is c1cc(CCN2CCC(CNC3CC3)C2)cs1. The van der Waals surface area contributed by atoms with Gasteiger partial charge >= 0.3 is 0 Å². The summed E-state index contributed by atoms with van der Waals surface area (Å²) in [4.78, 5) is 2.64. The Balaban J connectivity index is 1.35. The molecule has 17 heavy (non-hydrogen) atoms. The van der Waals surface area contributed by atoms with Crippen molar-refractivity contribution in [3.63, 3.8) is 0 Å². The summed E-state index contributed by atoms with van der Waals surface area (Å²) >= 11 is 1.81. The van der Waals surface area contributed by atoms with E-state index in [1.807, 2.05) is 11.3 Å². The zero-order chi connectivity index (χ0) is 11.5. The maximum absolute atomic E-state index is 3.66. The largest absolute Gasteiger partial charge is 0.314 e. The Morgan fingerprint density at radius 1 is 1.35 bits per heavy atom. The molecule has 2 heterocycles. The molecule has 1 unspecified atom stereocenters. The third kappa shape index (κ3) is 3.54. The second kappa shape index (κ2) is 5.51. The summed E-state index contributed by atoms with van der Waals surface area (Å²) in [5.74, 6) is 0.901. The molecule has 0 spiro atoms. The summed E-state index contributed by atoms with van der Waals surface area (Å²) in [5.41, 5.74) is 1.51. The Kier molecular flexibility index (Phi) is 3.79. The quantitative estimate of drug-likeness (QED) is 0.834. The lowest BCUT2D eigenvalue weighted by Gasteiger charge is -2.15. The van der Waals surface area contributed by atoms with E-state index >= 15 is 0 Å². The van der Waals surface area contributed by atoms with Crippen LogP contribution in [0.25, 0.3) is 0 Å². The highest BCUT2D eigenvalue weighted by Crippen LogP contribution is 2.21. The van der Waals surface area contributed by atoms with E-state index in [-0.39, 0.29) is 0 Å². The topological polar surface area (TPSA) is 15.3 Å². The van der Waals surface area contributed by atoms with Gasteiger partial charge in [0.25, 0.3) is 0 Å². The van der Waals surface area contributed by atoms with Crippen LogP contribution in [0.3, 0.4) is 0 Å². The molecule has 3 rings (SSSR count). The molecule has 0 bridgehead atoms. The van der Waals surface area contributed by atoms with Gasteiger partial charge in [-0.15, -0.1) is 0 Å². The molecule has 0 aromatic carbocycles. The first kappa shape index (κ1) is 11.7. The summed E-state index contributed by atoms with van der Waals surface area (Å²) in [7, 11) is 0. The number of nitrogens with one attached hydrogen (secondary N) is 1. The van der Waals surface area contributed by atoms with Crippen LogP contribution in [0.2, 0.25) is 0 Å². The van der Waals surface area contributed by atoms with Gasteiger partial charge in [-0.25, -0.2) is 0 Å². The summed E-state index contributed by atoms with van der Waals surface area (Å²) in [6.07, 6.45) is 5.44. The van der Waals surface area contributed by atoms with Crippen molar-refractivity contribution in [2.24, 2.45) is 5.92 Å². The normalized spacial score (nSPS) is 25.5. The fourth-order valence-corrected chi connectivity index (χ4v) is 3.33. The summed E-state index contributed by atoms with van der Waals surface area (Å²) in [6, 6.07) is 3.13. The molecule has 2 nitrogen and oxygen atoms in total. The minimum absolute atomic E-state index is 0.870. The predicted molar refractivity (Wildman–Crippen MR) is 73.6 cm³/mol. The molecule has 1 aromatic rings. The van der Waals surface area contributed by atoms with Crippen LogP contribution in [0.1, 0.15) is 24.8 Å². The van der Waals surface area contributed by atoms with Crippen LogP contribution >= 0.6 is 11.3 Å². The highest BCUT2D eigenvalue weighted by molar-refractivity contribution is 7.07. The van der Waals surface area contributed by atoms with Gasteiger partial charge in [0.1, 0.15) is 0 Å². The molecule has 3 heteroatoms. The summed E-state index contributed by atoms with van der Waals surface area (Å²) in [5, 5.41) is 8.13. The van der Waals surface area contributed by atoms with E-state index in [0.29, 0.717) is 0 Å². The van der Waals surface area contributed by atoms with Gasteiger partial charge in [-0.3, -0.25) is 0 Å². The Labute approximate surface area is 108 Å². The van der Waals surface area contributed by atoms with Crippen molar-refractivity contribution in [1.82, 2.24) is 10.2 Å². The van der Waals surface area contributed by atoms with Crippen molar-refractivity contribution < 1.29 is 0 Å². The molecular formula is C14H22N2S. The first-order chi connectivity index (χ1) is 8.40. The lowest BCUT2D eigenvalue weighted by Crippen LogP contribution is -2.28. The number of nitrogens with zero attached hydrogens (tertiary/aromatic N) is 1. The number of thiophene rings is 1. The van der Waals surface area contributed by atoms with Crippen LogP contribution in [0.5, 0.6) is 0 Å². The Morgan fingerprint density at radius 3 is 3.06 bits per heavy atom. The number of hydrogen-bond acceptors (Lipinski definition) is 3. The van der Waals surface area contributed by atoms with E-state index in [1.54, 1.807) is 0 Å². The molecule has 1 aliphatic carbocycles. The highest BCUT2D eigenvalue weighted by Gasteiger charge is 2.25. The molecular weight excluding hydrogens is 228 g/mol. The van der Waals surface area contributed by atoms with Gasteiger partial charge < -0.3 is 10.2 Å². The van der Waals surface area contributed by atoms with Gasteiger partial charge in [-0.1, -0.05) is 0 Å². The van der Waals surface area contributed by atoms with Gasteiger partial charge in [-0.05, 0) is 67.1 Å². The van der Waals surface area contributed by atoms with Crippen LogP contribution in [0.15, 0.2) is 16.8 Å². The molecule has 1 saturated carbocycles. The molecule has 1 saturated heterocycles. The molecule has 1 aliphatic heterocycles. The number of rotatable bonds is 6. The zero-order valence-corrected chi connectivity index (χ0v) is 11.2. The van der Waals surface area contributed by atoms with Gasteiger partial charge in [-0.2, -0.15) is 11.3 Å². The molecule has 0 amide bonds. The maximum Gasteiger partial charge on any atom is 0.00683 e. The van der Waals surface area contributed by atoms with E-state index < -0.39 is 0 Å². The van der Waals surface area contributed by atoms with Crippen molar-refractivity contribution in [3.05, 3.63) is 22.4 Å². The van der Waals surface area contributed by atoms with Crippen LogP contribution in [-0.2, 0) is 6.42 Å². The molecule has 94 valence electrons. The van der Waals surface area contributed by atoms with E-state index in [4.69, 9.17) is 0 Å². The average Bonchev–Trinajstić information content (AvgIpc) is 2.86. The lowest BCUT2D eigenvalue weighted by atomic mass is 10.1. The fraction of sp³-hybridized carbons (Fsp3) is 0.714. The number of hydrogen-bond donors (Lipinski definition) is 1. The van der Waals surface area contributed by atoms with Gasteiger partial charge in [0, 0.05) is 19.1 Å². The van der Waals surface area contributed by atoms with E-state index in [2.05, 4.69) is 27.0 Å². The molecule has 1 N–H and O–H groups in total. The third-order valence-corrected chi connectivity index (χ3v) is 4.67. The van der Waals surface area contributed by atoms with Crippen molar-refractivity contribution in [2.75, 3.05) is 26.2 Å². The minimum Gasteiger partial charge on any atom is -0.314 e. The first-order valence-electron chi connectivity index (χ1n) is 6.87. The molecule has 1 atom stereocenters. The fourth-order valence-electron chi connectivity index (χ4n) is 2.63. The van der Waals surface area contributed by atoms with E-state index in [9.17, 15) is 0 Å². The maximum atomic E-state index is 3.66. The number of likely N-dealkylation sites (tertiary alicyclic amines) is 1. The Hall–Kier alpha value is -0.380. The molecule has 2 aliphatic rings. The monoisotopic (exact) mass is 250 g/mol. The van der Waals surface area contributed by atoms with E-state index in [1.165, 1.54) is 57.4 Å². The zero-order valence-electron chi connectivity index (χ0n) is 10.4. The van der Waals surface area contributed by atoms with Crippen molar-refractivity contribution in [2.45, 2.75) is 31.7 Å². The van der Waals surface area contributed by atoms with E-state index in [0.717, 1.165) is 12.0 Å². The van der Waals surface area contributed by atoms with Crippen LogP contribution < -0.4 is 5.32 Å². The third-order valence-electron chi connectivity index (χ3n) is 3.94. The van der Waals surface area contributed by atoms with Crippen molar-refractivity contribution >= 4 is 11.3 Å². The van der Waals surface area contributed by atoms with Crippen molar-refractivity contribution in [3.8, 4) is 0 Å². The van der Waals surface area contributed by atoms with Gasteiger partial charge in [0.05, 0.1) is 0 Å². The average molecular weight is 250 g/mol.